The predicted molar refractivity (Wildman–Crippen MR) is 140 cm³/mol. The molecule has 182 valence electrons. The molecule has 0 bridgehead atoms. The lowest BCUT2D eigenvalue weighted by Crippen LogP contribution is -2.07. The molecule has 0 amide bonds. The highest BCUT2D eigenvalue weighted by Gasteiger charge is 2.19. The third kappa shape index (κ3) is 8.41. The minimum Gasteiger partial charge on any atom is -0.398 e. The molecule has 1 heterocycles. The van der Waals surface area contributed by atoms with E-state index in [2.05, 4.69) is 36.2 Å². The van der Waals surface area contributed by atoms with E-state index in [9.17, 15) is 0 Å². The van der Waals surface area contributed by atoms with Crippen LogP contribution in [0.25, 0.3) is 11.0 Å². The molecule has 0 fully saturated rings. The minimum absolute atomic E-state index is 0.914. The molecule has 0 saturated carbocycles. The van der Waals surface area contributed by atoms with Crippen LogP contribution in [0, 0.1) is 0 Å². The average Bonchev–Trinajstić information content (AvgIpc) is 3.28. The van der Waals surface area contributed by atoms with Gasteiger partial charge in [-0.05, 0) is 43.2 Å². The van der Waals surface area contributed by atoms with Gasteiger partial charge in [0.25, 0.3) is 0 Å². The van der Waals surface area contributed by atoms with E-state index in [0.29, 0.717) is 0 Å². The predicted octanol–water partition coefficient (Wildman–Crippen LogP) is 8.47. The molecule has 0 unspecified atom stereocenters. The molecule has 2 aromatic rings. The maximum atomic E-state index is 6.73. The summed E-state index contributed by atoms with van der Waals surface area (Å²) in [6, 6.07) is 0. The number of H-pyrrole nitrogens is 1. The van der Waals surface area contributed by atoms with Gasteiger partial charge in [0.2, 0.25) is 0 Å². The van der Waals surface area contributed by atoms with Crippen molar-refractivity contribution < 1.29 is 0 Å². The molecule has 4 nitrogen and oxygen atoms in total. The first kappa shape index (κ1) is 26.7. The van der Waals surface area contributed by atoms with Crippen molar-refractivity contribution in [2.75, 3.05) is 5.73 Å². The van der Waals surface area contributed by atoms with E-state index in [1.807, 2.05) is 0 Å². The largest absolute Gasteiger partial charge is 0.398 e. The molecule has 3 N–H and O–H groups in total. The molecule has 1 aromatic carbocycles. The van der Waals surface area contributed by atoms with Crippen LogP contribution in [-0.2, 0) is 19.3 Å². The SMILES string of the molecule is CCCCCCCCCCc1c(N)c(CC)c2n[nH]nc2c1CCCCCCCCCC. The summed E-state index contributed by atoms with van der Waals surface area (Å²) >= 11 is 0. The molecule has 0 aliphatic heterocycles. The first-order valence-electron chi connectivity index (χ1n) is 13.9. The summed E-state index contributed by atoms with van der Waals surface area (Å²) < 4.78 is 0. The first-order valence-corrected chi connectivity index (χ1v) is 13.9. The van der Waals surface area contributed by atoms with Gasteiger partial charge in [-0.3, -0.25) is 0 Å². The lowest BCUT2D eigenvalue weighted by atomic mass is 9.90. The van der Waals surface area contributed by atoms with Crippen molar-refractivity contribution in [1.82, 2.24) is 15.4 Å². The molecular formula is C28H50N4. The van der Waals surface area contributed by atoms with Crippen molar-refractivity contribution in [2.24, 2.45) is 0 Å². The van der Waals surface area contributed by atoms with Crippen molar-refractivity contribution in [1.29, 1.82) is 0 Å². The standard InChI is InChI=1S/C28H50N4/c1-4-7-9-11-13-15-17-19-21-24-25(22-20-18-16-14-12-10-8-5-2)28-27(30-32-31-28)23(6-3)26(24)29/h4-22,29H2,1-3H3,(H,30,31,32). The van der Waals surface area contributed by atoms with Gasteiger partial charge < -0.3 is 5.73 Å². The van der Waals surface area contributed by atoms with E-state index in [4.69, 9.17) is 5.73 Å². The van der Waals surface area contributed by atoms with Crippen LogP contribution in [0.1, 0.15) is 140 Å². The number of benzene rings is 1. The highest BCUT2D eigenvalue weighted by Crippen LogP contribution is 2.33. The number of aromatic amines is 1. The van der Waals surface area contributed by atoms with Gasteiger partial charge in [-0.2, -0.15) is 15.4 Å². The minimum atomic E-state index is 0.914. The number of anilines is 1. The summed E-state index contributed by atoms with van der Waals surface area (Å²) in [5.74, 6) is 0. The number of hydrogen-bond donors (Lipinski definition) is 2. The molecule has 0 spiro atoms. The van der Waals surface area contributed by atoms with E-state index < -0.39 is 0 Å². The topological polar surface area (TPSA) is 67.6 Å². The quantitative estimate of drug-likeness (QED) is 0.169. The second-order valence-corrected chi connectivity index (χ2v) is 9.67. The monoisotopic (exact) mass is 442 g/mol. The fraction of sp³-hybridized carbons (Fsp3) is 0.786. The second kappa shape index (κ2) is 16.1. The van der Waals surface area contributed by atoms with Gasteiger partial charge in [-0.15, -0.1) is 0 Å². The van der Waals surface area contributed by atoms with Crippen LogP contribution < -0.4 is 5.73 Å². The zero-order valence-corrected chi connectivity index (χ0v) is 21.4. The Hall–Kier alpha value is -1.58. The van der Waals surface area contributed by atoms with E-state index in [-0.39, 0.29) is 0 Å². The Bertz CT molecular complexity index is 749. The van der Waals surface area contributed by atoms with Crippen LogP contribution in [0.15, 0.2) is 0 Å². The molecule has 0 aliphatic carbocycles. The lowest BCUT2D eigenvalue weighted by molar-refractivity contribution is 0.571. The third-order valence-corrected chi connectivity index (χ3v) is 7.05. The summed E-state index contributed by atoms with van der Waals surface area (Å²) in [6.07, 6.45) is 24.6. The van der Waals surface area contributed by atoms with Crippen molar-refractivity contribution in [3.05, 3.63) is 16.7 Å². The number of fused-ring (bicyclic) bond motifs is 1. The van der Waals surface area contributed by atoms with Crippen molar-refractivity contribution in [3.63, 3.8) is 0 Å². The Morgan fingerprint density at radius 3 is 1.41 bits per heavy atom. The van der Waals surface area contributed by atoms with Crippen LogP contribution >= 0.6 is 0 Å². The number of nitrogens with two attached hydrogens (primary N) is 1. The van der Waals surface area contributed by atoms with Gasteiger partial charge in [0, 0.05) is 11.3 Å². The number of hydrogen-bond acceptors (Lipinski definition) is 3. The summed E-state index contributed by atoms with van der Waals surface area (Å²) in [7, 11) is 0. The van der Waals surface area contributed by atoms with Gasteiger partial charge in [-0.1, -0.05) is 111 Å². The third-order valence-electron chi connectivity index (χ3n) is 7.05. The molecule has 4 heteroatoms. The van der Waals surface area contributed by atoms with Crippen LogP contribution in [0.5, 0.6) is 0 Å². The number of aromatic nitrogens is 3. The van der Waals surface area contributed by atoms with Gasteiger partial charge in [0.15, 0.2) is 0 Å². The van der Waals surface area contributed by atoms with Crippen LogP contribution in [0.3, 0.4) is 0 Å². The number of nitrogens with zero attached hydrogens (tertiary/aromatic N) is 2. The summed E-state index contributed by atoms with van der Waals surface area (Å²) in [6.45, 7) is 6.75. The molecule has 2 rings (SSSR count). The highest BCUT2D eigenvalue weighted by atomic mass is 15.3. The van der Waals surface area contributed by atoms with Crippen molar-refractivity contribution in [2.45, 2.75) is 143 Å². The van der Waals surface area contributed by atoms with Crippen molar-refractivity contribution >= 4 is 16.7 Å². The fourth-order valence-corrected chi connectivity index (χ4v) is 5.05. The van der Waals surface area contributed by atoms with Crippen LogP contribution in [0.2, 0.25) is 0 Å². The van der Waals surface area contributed by atoms with Crippen LogP contribution in [-0.4, -0.2) is 15.4 Å². The van der Waals surface area contributed by atoms with Gasteiger partial charge in [0.1, 0.15) is 11.0 Å². The molecular weight excluding hydrogens is 392 g/mol. The van der Waals surface area contributed by atoms with E-state index in [1.165, 1.54) is 119 Å². The molecule has 32 heavy (non-hydrogen) atoms. The molecule has 0 radical (unpaired) electrons. The zero-order chi connectivity index (χ0) is 23.0. The number of rotatable bonds is 19. The maximum absolute atomic E-state index is 6.73. The van der Waals surface area contributed by atoms with Gasteiger partial charge >= 0.3 is 0 Å². The summed E-state index contributed by atoms with van der Waals surface area (Å²) in [4.78, 5) is 0. The molecule has 1 aromatic heterocycles. The normalized spacial score (nSPS) is 11.6. The number of aryl methyl sites for hydroxylation is 2. The van der Waals surface area contributed by atoms with Crippen LogP contribution in [0.4, 0.5) is 5.69 Å². The fourth-order valence-electron chi connectivity index (χ4n) is 5.05. The zero-order valence-electron chi connectivity index (χ0n) is 21.4. The number of nitrogens with one attached hydrogen (secondary N) is 1. The molecule has 0 atom stereocenters. The first-order chi connectivity index (χ1) is 15.7. The maximum Gasteiger partial charge on any atom is 0.118 e. The Labute approximate surface area is 197 Å². The smallest absolute Gasteiger partial charge is 0.118 e. The number of unbranched alkanes of at least 4 members (excludes halogenated alkanes) is 14. The Balaban J connectivity index is 1.94. The molecule has 0 saturated heterocycles. The second-order valence-electron chi connectivity index (χ2n) is 9.67. The van der Waals surface area contributed by atoms with Crippen molar-refractivity contribution in [3.8, 4) is 0 Å². The number of nitrogen functional groups attached to an aromatic ring is 1. The Kier molecular flexibility index (Phi) is 13.4. The van der Waals surface area contributed by atoms with Gasteiger partial charge in [-0.25, -0.2) is 0 Å². The lowest BCUT2D eigenvalue weighted by Gasteiger charge is -2.17. The Morgan fingerprint density at radius 1 is 0.531 bits per heavy atom. The van der Waals surface area contributed by atoms with E-state index >= 15 is 0 Å². The summed E-state index contributed by atoms with van der Waals surface area (Å²) in [5.41, 5.74) is 13.7. The van der Waals surface area contributed by atoms with E-state index in [0.717, 1.165) is 36.0 Å². The average molecular weight is 443 g/mol. The summed E-state index contributed by atoms with van der Waals surface area (Å²) in [5, 5.41) is 11.9. The molecule has 0 aliphatic rings. The Morgan fingerprint density at radius 2 is 0.938 bits per heavy atom. The van der Waals surface area contributed by atoms with Gasteiger partial charge in [0.05, 0.1) is 0 Å². The highest BCUT2D eigenvalue weighted by molar-refractivity contribution is 5.88. The van der Waals surface area contributed by atoms with E-state index in [1.54, 1.807) is 0 Å².